The fourth-order valence-electron chi connectivity index (χ4n) is 2.61. The third-order valence-corrected chi connectivity index (χ3v) is 5.93. The van der Waals surface area contributed by atoms with E-state index in [1.54, 1.807) is 0 Å². The van der Waals surface area contributed by atoms with Crippen molar-refractivity contribution in [3.05, 3.63) is 57.8 Å². The minimum atomic E-state index is -4.05. The summed E-state index contributed by atoms with van der Waals surface area (Å²) in [5.41, 5.74) is 0. The third-order valence-electron chi connectivity index (χ3n) is 4.04. The average Bonchev–Trinajstić information content (AvgIpc) is 3.14. The van der Waals surface area contributed by atoms with Crippen LogP contribution >= 0.6 is 0 Å². The molecule has 0 spiro atoms. The SMILES string of the molecule is O=C(c1ccc([N+](=O)[O-])o1)N1CCN(S(=O)(=O)c2ccc(F)c(F)c2)CC1. The molecule has 1 fully saturated rings. The van der Waals surface area contributed by atoms with E-state index in [4.69, 9.17) is 4.42 Å². The van der Waals surface area contributed by atoms with Crippen molar-refractivity contribution < 1.29 is 31.3 Å². The molecule has 2 heterocycles. The fraction of sp³-hybridized carbons (Fsp3) is 0.267. The van der Waals surface area contributed by atoms with Crippen molar-refractivity contribution in [1.82, 2.24) is 9.21 Å². The Morgan fingerprint density at radius 1 is 1.07 bits per heavy atom. The highest BCUT2D eigenvalue weighted by Crippen LogP contribution is 2.22. The van der Waals surface area contributed by atoms with Gasteiger partial charge in [-0.1, -0.05) is 0 Å². The van der Waals surface area contributed by atoms with Crippen LogP contribution in [-0.4, -0.2) is 54.6 Å². The molecule has 2 aromatic rings. The zero-order valence-corrected chi connectivity index (χ0v) is 14.5. The summed E-state index contributed by atoms with van der Waals surface area (Å²) >= 11 is 0. The van der Waals surface area contributed by atoms with E-state index in [9.17, 15) is 32.1 Å². The van der Waals surface area contributed by atoms with Gasteiger partial charge in [-0.05, 0) is 24.3 Å². The summed E-state index contributed by atoms with van der Waals surface area (Å²) in [6, 6.07) is 4.52. The topological polar surface area (TPSA) is 114 Å². The lowest BCUT2D eigenvalue weighted by atomic mass is 10.3. The van der Waals surface area contributed by atoms with E-state index in [0.29, 0.717) is 6.07 Å². The molecule has 3 rings (SSSR count). The number of nitro groups is 1. The number of nitrogens with zero attached hydrogens (tertiary/aromatic N) is 3. The summed E-state index contributed by atoms with van der Waals surface area (Å²) < 4.78 is 57.3. The molecule has 1 aromatic carbocycles. The van der Waals surface area contributed by atoms with Crippen molar-refractivity contribution in [2.24, 2.45) is 0 Å². The quantitative estimate of drug-likeness (QED) is 0.568. The monoisotopic (exact) mass is 401 g/mol. The number of rotatable bonds is 4. The minimum Gasteiger partial charge on any atom is -0.395 e. The van der Waals surface area contributed by atoms with Crippen LogP contribution < -0.4 is 0 Å². The molecule has 0 saturated carbocycles. The van der Waals surface area contributed by atoms with Gasteiger partial charge in [0.05, 0.1) is 11.0 Å². The molecule has 0 atom stereocenters. The molecule has 12 heteroatoms. The summed E-state index contributed by atoms with van der Waals surface area (Å²) in [7, 11) is -4.05. The largest absolute Gasteiger partial charge is 0.433 e. The second-order valence-electron chi connectivity index (χ2n) is 5.67. The van der Waals surface area contributed by atoms with Crippen molar-refractivity contribution in [1.29, 1.82) is 0 Å². The minimum absolute atomic E-state index is 0.0102. The third kappa shape index (κ3) is 3.66. The van der Waals surface area contributed by atoms with E-state index in [0.717, 1.165) is 22.5 Å². The first kappa shape index (κ1) is 18.9. The van der Waals surface area contributed by atoms with Crippen LogP contribution in [0.5, 0.6) is 0 Å². The van der Waals surface area contributed by atoms with E-state index in [-0.39, 0.29) is 36.8 Å². The maximum absolute atomic E-state index is 13.3. The average molecular weight is 401 g/mol. The van der Waals surface area contributed by atoms with Gasteiger partial charge in [0, 0.05) is 26.2 Å². The predicted molar refractivity (Wildman–Crippen MR) is 86.4 cm³/mol. The van der Waals surface area contributed by atoms with Crippen LogP contribution in [-0.2, 0) is 10.0 Å². The number of furan rings is 1. The standard InChI is InChI=1S/C15H13F2N3O6S/c16-11-2-1-10(9-12(11)17)27(24,25)19-7-5-18(6-8-19)15(21)13-3-4-14(26-13)20(22)23/h1-4,9H,5-8H2. The first-order valence-electron chi connectivity index (χ1n) is 7.69. The molecule has 1 aliphatic rings. The van der Waals surface area contributed by atoms with Crippen LogP contribution in [0.25, 0.3) is 0 Å². The second-order valence-corrected chi connectivity index (χ2v) is 7.61. The Kier molecular flexibility index (Phi) is 4.93. The molecular formula is C15H13F2N3O6S. The molecule has 9 nitrogen and oxygen atoms in total. The first-order chi connectivity index (χ1) is 12.7. The van der Waals surface area contributed by atoms with Crippen molar-refractivity contribution in [3.63, 3.8) is 0 Å². The Morgan fingerprint density at radius 3 is 2.30 bits per heavy atom. The van der Waals surface area contributed by atoms with Crippen molar-refractivity contribution >= 4 is 21.8 Å². The van der Waals surface area contributed by atoms with Crippen LogP contribution in [0.1, 0.15) is 10.6 Å². The van der Waals surface area contributed by atoms with Gasteiger partial charge in [-0.15, -0.1) is 0 Å². The number of piperazine rings is 1. The summed E-state index contributed by atoms with van der Waals surface area (Å²) in [5.74, 6) is -3.83. The van der Waals surface area contributed by atoms with E-state index in [1.165, 1.54) is 11.0 Å². The van der Waals surface area contributed by atoms with E-state index >= 15 is 0 Å². The molecule has 1 amide bonds. The molecule has 27 heavy (non-hydrogen) atoms. The summed E-state index contributed by atoms with van der Waals surface area (Å²) in [6.45, 7) is -0.127. The highest BCUT2D eigenvalue weighted by molar-refractivity contribution is 7.89. The number of halogens is 2. The van der Waals surface area contributed by atoms with Crippen molar-refractivity contribution in [2.45, 2.75) is 4.90 Å². The molecule has 0 N–H and O–H groups in total. The number of amides is 1. The lowest BCUT2D eigenvalue weighted by Crippen LogP contribution is -2.50. The molecular weight excluding hydrogens is 388 g/mol. The molecule has 0 radical (unpaired) electrons. The summed E-state index contributed by atoms with van der Waals surface area (Å²) in [5, 5.41) is 10.6. The number of sulfonamides is 1. The van der Waals surface area contributed by atoms with Gasteiger partial charge in [0.2, 0.25) is 10.0 Å². The maximum Gasteiger partial charge on any atom is 0.433 e. The van der Waals surface area contributed by atoms with Gasteiger partial charge in [-0.2, -0.15) is 4.31 Å². The molecule has 144 valence electrons. The fourth-order valence-corrected chi connectivity index (χ4v) is 4.05. The lowest BCUT2D eigenvalue weighted by molar-refractivity contribution is -0.402. The normalized spacial score (nSPS) is 15.7. The molecule has 1 aromatic heterocycles. The summed E-state index contributed by atoms with van der Waals surface area (Å²) in [4.78, 5) is 23.0. The molecule has 0 aliphatic carbocycles. The number of carbonyl (C=O) groups is 1. The van der Waals surface area contributed by atoms with Gasteiger partial charge < -0.3 is 9.32 Å². The Hall–Kier alpha value is -2.86. The second kappa shape index (κ2) is 7.04. The number of carbonyl (C=O) groups excluding carboxylic acids is 1. The number of hydrogen-bond donors (Lipinski definition) is 0. The van der Waals surface area contributed by atoms with Crippen LogP contribution in [0.4, 0.5) is 14.7 Å². The number of benzene rings is 1. The van der Waals surface area contributed by atoms with E-state index < -0.39 is 38.4 Å². The van der Waals surface area contributed by atoms with Gasteiger partial charge in [-0.3, -0.25) is 14.9 Å². The van der Waals surface area contributed by atoms with Gasteiger partial charge >= 0.3 is 5.88 Å². The highest BCUT2D eigenvalue weighted by Gasteiger charge is 2.32. The first-order valence-corrected chi connectivity index (χ1v) is 9.13. The van der Waals surface area contributed by atoms with Crippen LogP contribution in [0.2, 0.25) is 0 Å². The van der Waals surface area contributed by atoms with E-state index in [1.807, 2.05) is 0 Å². The highest BCUT2D eigenvalue weighted by atomic mass is 32.2. The smallest absolute Gasteiger partial charge is 0.395 e. The molecule has 1 aliphatic heterocycles. The Morgan fingerprint density at radius 2 is 1.74 bits per heavy atom. The van der Waals surface area contributed by atoms with Crippen molar-refractivity contribution in [2.75, 3.05) is 26.2 Å². The Balaban J connectivity index is 1.69. The number of hydrogen-bond acceptors (Lipinski definition) is 6. The maximum atomic E-state index is 13.3. The van der Waals surface area contributed by atoms with Crippen LogP contribution in [0, 0.1) is 21.7 Å². The van der Waals surface area contributed by atoms with E-state index in [2.05, 4.69) is 0 Å². The van der Waals surface area contributed by atoms with Gasteiger partial charge in [0.15, 0.2) is 17.4 Å². The van der Waals surface area contributed by atoms with Gasteiger partial charge in [-0.25, -0.2) is 17.2 Å². The van der Waals surface area contributed by atoms with Gasteiger partial charge in [0.25, 0.3) is 5.91 Å². The Labute approximate surface area is 152 Å². The molecule has 0 unspecified atom stereocenters. The van der Waals surface area contributed by atoms with Crippen LogP contribution in [0.15, 0.2) is 39.6 Å². The van der Waals surface area contributed by atoms with Crippen LogP contribution in [0.3, 0.4) is 0 Å². The molecule has 0 bridgehead atoms. The summed E-state index contributed by atoms with van der Waals surface area (Å²) in [6.07, 6.45) is 0. The zero-order chi connectivity index (χ0) is 19.8. The molecule has 1 saturated heterocycles. The Bertz CT molecular complexity index is 999. The van der Waals surface area contributed by atoms with Crippen molar-refractivity contribution in [3.8, 4) is 0 Å². The lowest BCUT2D eigenvalue weighted by Gasteiger charge is -2.33. The zero-order valence-electron chi connectivity index (χ0n) is 13.7. The predicted octanol–water partition coefficient (Wildman–Crippen LogP) is 1.61. The van der Waals surface area contributed by atoms with Gasteiger partial charge in [0.1, 0.15) is 4.92 Å².